The number of hydrogen-bond acceptors (Lipinski definition) is 6. The molecule has 0 saturated heterocycles. The van der Waals surface area contributed by atoms with Crippen LogP contribution in [0.25, 0.3) is 33.9 Å². The lowest BCUT2D eigenvalue weighted by Gasteiger charge is -2.05. The van der Waals surface area contributed by atoms with Gasteiger partial charge in [0.15, 0.2) is 5.82 Å². The summed E-state index contributed by atoms with van der Waals surface area (Å²) >= 11 is 0. The van der Waals surface area contributed by atoms with Gasteiger partial charge in [-0.3, -0.25) is 0 Å². The summed E-state index contributed by atoms with van der Waals surface area (Å²) in [6.07, 6.45) is 11.6. The second-order valence-electron chi connectivity index (χ2n) is 7.60. The van der Waals surface area contributed by atoms with Crippen LogP contribution in [-0.4, -0.2) is 42.3 Å². The molecule has 32 heavy (non-hydrogen) atoms. The minimum Gasteiger partial charge on any atom is -0.341 e. The summed E-state index contributed by atoms with van der Waals surface area (Å²) in [5, 5.41) is 15.0. The Hall–Kier alpha value is -3.94. The Morgan fingerprint density at radius 3 is 1.62 bits per heavy atom. The average molecular weight is 427 g/mol. The predicted octanol–water partition coefficient (Wildman–Crippen LogP) is 5.21. The lowest BCUT2D eigenvalue weighted by molar-refractivity contribution is 0.798. The highest BCUT2D eigenvalue weighted by Gasteiger charge is 2.13. The van der Waals surface area contributed by atoms with Crippen molar-refractivity contribution >= 4 is 12.4 Å². The molecule has 4 aromatic rings. The third-order valence-electron chi connectivity index (χ3n) is 5.59. The number of benzene rings is 1. The van der Waals surface area contributed by atoms with Crippen molar-refractivity contribution < 1.29 is 0 Å². The molecule has 162 valence electrons. The molecule has 0 aliphatic rings. The third-order valence-corrected chi connectivity index (χ3v) is 5.59. The van der Waals surface area contributed by atoms with Gasteiger partial charge in [0, 0.05) is 35.9 Å². The predicted molar refractivity (Wildman–Crippen MR) is 126 cm³/mol. The van der Waals surface area contributed by atoms with E-state index in [1.54, 1.807) is 18.6 Å². The molecule has 0 aliphatic carbocycles. The number of aromatic nitrogens is 6. The van der Waals surface area contributed by atoms with Crippen molar-refractivity contribution in [3.63, 3.8) is 0 Å². The van der Waals surface area contributed by atoms with Crippen molar-refractivity contribution in [2.75, 3.05) is 0 Å². The van der Waals surface area contributed by atoms with E-state index in [9.17, 15) is 0 Å². The topological polar surface area (TPSA) is 131 Å². The van der Waals surface area contributed by atoms with Crippen molar-refractivity contribution in [1.29, 1.82) is 10.8 Å². The van der Waals surface area contributed by atoms with Crippen LogP contribution >= 0.6 is 0 Å². The first-order chi connectivity index (χ1) is 15.7. The lowest BCUT2D eigenvalue weighted by atomic mass is 10.1. The van der Waals surface area contributed by atoms with E-state index in [2.05, 4.69) is 29.9 Å². The second kappa shape index (κ2) is 9.47. The molecular weight excluding hydrogens is 400 g/mol. The maximum Gasteiger partial charge on any atom is 0.159 e. The lowest BCUT2D eigenvalue weighted by Crippen LogP contribution is -2.00. The largest absolute Gasteiger partial charge is 0.341 e. The zero-order valence-electron chi connectivity index (χ0n) is 18.1. The molecule has 0 bridgehead atoms. The van der Waals surface area contributed by atoms with Gasteiger partial charge in [-0.05, 0) is 18.4 Å². The van der Waals surface area contributed by atoms with E-state index < -0.39 is 0 Å². The van der Waals surface area contributed by atoms with Gasteiger partial charge < -0.3 is 20.8 Å². The van der Waals surface area contributed by atoms with Crippen LogP contribution in [0.1, 0.15) is 50.2 Å². The van der Waals surface area contributed by atoms with Crippen LogP contribution in [0.15, 0.2) is 49.1 Å². The van der Waals surface area contributed by atoms with Crippen LogP contribution in [0.4, 0.5) is 0 Å². The van der Waals surface area contributed by atoms with Crippen LogP contribution in [0, 0.1) is 10.8 Å². The highest BCUT2D eigenvalue weighted by molar-refractivity contribution is 5.68. The van der Waals surface area contributed by atoms with E-state index in [1.807, 2.05) is 44.3 Å². The maximum atomic E-state index is 7.53. The first-order valence-electron chi connectivity index (χ1n) is 10.7. The maximum absolute atomic E-state index is 7.53. The van der Waals surface area contributed by atoms with Crippen molar-refractivity contribution in [3.05, 3.63) is 60.7 Å². The summed E-state index contributed by atoms with van der Waals surface area (Å²) in [4.78, 5) is 24.5. The number of nitrogens with zero attached hydrogens (tertiary/aromatic N) is 4. The van der Waals surface area contributed by atoms with Crippen LogP contribution in [0.5, 0.6) is 0 Å². The molecule has 2 atom stereocenters. The zero-order chi connectivity index (χ0) is 22.5. The summed E-state index contributed by atoms with van der Waals surface area (Å²) < 4.78 is 0. The molecule has 4 rings (SSSR count). The number of aromatic amines is 2. The van der Waals surface area contributed by atoms with Crippen molar-refractivity contribution in [1.82, 2.24) is 29.9 Å². The monoisotopic (exact) mass is 426 g/mol. The molecule has 0 fully saturated rings. The van der Waals surface area contributed by atoms with Crippen LogP contribution < -0.4 is 0 Å². The van der Waals surface area contributed by atoms with E-state index in [0.717, 1.165) is 52.6 Å². The molecule has 0 saturated carbocycles. The fourth-order valence-electron chi connectivity index (χ4n) is 3.54. The Bertz CT molecular complexity index is 1090. The molecule has 0 radical (unpaired) electrons. The van der Waals surface area contributed by atoms with Gasteiger partial charge in [0.05, 0.1) is 35.6 Å². The molecule has 8 nitrogen and oxygen atoms in total. The van der Waals surface area contributed by atoms with E-state index in [4.69, 9.17) is 10.8 Å². The van der Waals surface area contributed by atoms with Crippen LogP contribution in [0.2, 0.25) is 0 Å². The number of rotatable bonds is 9. The van der Waals surface area contributed by atoms with E-state index in [0.29, 0.717) is 5.82 Å². The Balaban J connectivity index is 1.50. The van der Waals surface area contributed by atoms with Gasteiger partial charge in [-0.1, -0.05) is 38.1 Å². The van der Waals surface area contributed by atoms with E-state index in [-0.39, 0.29) is 11.8 Å². The number of imidazole rings is 2. The molecule has 0 unspecified atom stereocenters. The Labute approximate surface area is 186 Å². The number of H-pyrrole nitrogens is 2. The van der Waals surface area contributed by atoms with E-state index in [1.165, 1.54) is 12.4 Å². The fraction of sp³-hybridized carbons (Fsp3) is 0.250. The first-order valence-corrected chi connectivity index (χ1v) is 10.7. The Morgan fingerprint density at radius 2 is 1.16 bits per heavy atom. The fourth-order valence-corrected chi connectivity index (χ4v) is 3.54. The molecule has 0 spiro atoms. The first kappa shape index (κ1) is 21.3. The van der Waals surface area contributed by atoms with Gasteiger partial charge in [0.2, 0.25) is 0 Å². The van der Waals surface area contributed by atoms with Crippen molar-refractivity contribution in [2.45, 2.75) is 38.5 Å². The quantitative estimate of drug-likeness (QED) is 0.274. The molecule has 0 aliphatic heterocycles. The van der Waals surface area contributed by atoms with Gasteiger partial charge in [0.25, 0.3) is 0 Å². The molecular formula is C24H26N8. The van der Waals surface area contributed by atoms with E-state index >= 15 is 0 Å². The van der Waals surface area contributed by atoms with Gasteiger partial charge in [-0.2, -0.15) is 0 Å². The molecule has 4 N–H and O–H groups in total. The van der Waals surface area contributed by atoms with Crippen molar-refractivity contribution in [3.8, 4) is 33.9 Å². The number of hydrogen-bond donors (Lipinski definition) is 4. The van der Waals surface area contributed by atoms with Crippen molar-refractivity contribution in [2.24, 2.45) is 0 Å². The molecule has 8 heteroatoms. The third kappa shape index (κ3) is 4.25. The smallest absolute Gasteiger partial charge is 0.159 e. The van der Waals surface area contributed by atoms with Crippen LogP contribution in [0.3, 0.4) is 0 Å². The highest BCUT2D eigenvalue weighted by atomic mass is 14.9. The molecule has 3 aromatic heterocycles. The molecule has 3 heterocycles. The zero-order valence-corrected chi connectivity index (χ0v) is 18.1. The summed E-state index contributed by atoms with van der Waals surface area (Å²) in [5.41, 5.74) is 4.56. The summed E-state index contributed by atoms with van der Waals surface area (Å²) in [5.74, 6) is 2.25. The molecule has 1 aromatic carbocycles. The SMILES string of the molecule is CC[C@@H](C=N)c1ncc(-c2ccc(-c3ncc(-c4cnc([C@H](C=N)CC)[nH]4)cn3)cc2)[nH]1. The second-order valence-corrected chi connectivity index (χ2v) is 7.60. The van der Waals surface area contributed by atoms with Gasteiger partial charge >= 0.3 is 0 Å². The van der Waals surface area contributed by atoms with Crippen LogP contribution in [-0.2, 0) is 0 Å². The number of nitrogens with one attached hydrogen (secondary N) is 4. The summed E-state index contributed by atoms with van der Waals surface area (Å²) in [6, 6.07) is 8.00. The standard InChI is InChI=1S/C24H26N8/c1-3-15(9-25)23-29-13-20(31-23)17-5-7-18(8-6-17)22-27-11-19(12-28-22)21-14-30-24(32-21)16(4-2)10-26/h5-16,25-26H,3-4H2,1-2H3,(H,29,31)(H,30,32)/t15-,16-/m0/s1. The van der Waals surface area contributed by atoms with Gasteiger partial charge in [-0.15, -0.1) is 0 Å². The summed E-state index contributed by atoms with van der Waals surface area (Å²) in [7, 11) is 0. The summed E-state index contributed by atoms with van der Waals surface area (Å²) in [6.45, 7) is 4.08. The Morgan fingerprint density at radius 1 is 0.688 bits per heavy atom. The Kier molecular flexibility index (Phi) is 6.30. The van der Waals surface area contributed by atoms with Gasteiger partial charge in [0.1, 0.15) is 11.6 Å². The minimum absolute atomic E-state index is 0.00799. The average Bonchev–Trinajstić information content (AvgIpc) is 3.52. The normalized spacial score (nSPS) is 12.9. The van der Waals surface area contributed by atoms with Gasteiger partial charge in [-0.25, -0.2) is 19.9 Å². The minimum atomic E-state index is -0.00799. The highest BCUT2D eigenvalue weighted by Crippen LogP contribution is 2.25. The molecule has 0 amide bonds.